The summed E-state index contributed by atoms with van der Waals surface area (Å²) in [4.78, 5) is 3.95. The predicted octanol–water partition coefficient (Wildman–Crippen LogP) is 3.15. The van der Waals surface area contributed by atoms with E-state index in [0.29, 0.717) is 5.02 Å². The second-order valence-corrected chi connectivity index (χ2v) is 4.70. The van der Waals surface area contributed by atoms with E-state index in [-0.39, 0.29) is 6.10 Å². The molecule has 18 heavy (non-hydrogen) atoms. The third kappa shape index (κ3) is 2.27. The topological polar surface area (TPSA) is 34.2 Å². The number of halogens is 1. The van der Waals surface area contributed by atoms with Gasteiger partial charge in [0.2, 0.25) is 0 Å². The van der Waals surface area contributed by atoms with Crippen molar-refractivity contribution in [1.82, 2.24) is 4.98 Å². The third-order valence-corrected chi connectivity index (χ3v) is 3.31. The molecule has 2 heterocycles. The van der Waals surface area contributed by atoms with Gasteiger partial charge in [-0.2, -0.15) is 0 Å². The first-order chi connectivity index (χ1) is 8.83. The molecular weight excluding hydrogens is 248 g/mol. The monoisotopic (exact) mass is 260 g/mol. The highest BCUT2D eigenvalue weighted by atomic mass is 35.5. The summed E-state index contributed by atoms with van der Waals surface area (Å²) in [5.74, 6) is 0.991. The van der Waals surface area contributed by atoms with E-state index >= 15 is 0 Å². The van der Waals surface area contributed by atoms with Crippen LogP contribution in [0, 0.1) is 0 Å². The summed E-state index contributed by atoms with van der Waals surface area (Å²) in [7, 11) is 0. The van der Waals surface area contributed by atoms with E-state index in [1.54, 1.807) is 12.4 Å². The minimum absolute atomic E-state index is 0.159. The fourth-order valence-electron chi connectivity index (χ4n) is 2.11. The van der Waals surface area contributed by atoms with Gasteiger partial charge >= 0.3 is 0 Å². The molecule has 92 valence electrons. The number of para-hydroxylation sites is 1. The molecular formula is C14H13ClN2O. The van der Waals surface area contributed by atoms with Crippen LogP contribution >= 0.6 is 11.6 Å². The van der Waals surface area contributed by atoms with Crippen LogP contribution in [-0.2, 0) is 6.42 Å². The van der Waals surface area contributed by atoms with E-state index in [9.17, 15) is 0 Å². The van der Waals surface area contributed by atoms with Crippen molar-refractivity contribution < 1.29 is 4.74 Å². The fraction of sp³-hybridized carbons (Fsp3) is 0.214. The summed E-state index contributed by atoms with van der Waals surface area (Å²) in [6.07, 6.45) is 4.45. The van der Waals surface area contributed by atoms with Crippen LogP contribution in [0.3, 0.4) is 0 Å². The number of hydrogen-bond donors (Lipinski definition) is 1. The molecule has 0 saturated heterocycles. The van der Waals surface area contributed by atoms with Crippen LogP contribution < -0.4 is 10.1 Å². The quantitative estimate of drug-likeness (QED) is 0.921. The van der Waals surface area contributed by atoms with Crippen molar-refractivity contribution in [2.75, 3.05) is 11.9 Å². The Kier molecular flexibility index (Phi) is 3.07. The Morgan fingerprint density at radius 3 is 3.06 bits per heavy atom. The molecule has 0 bridgehead atoms. The molecule has 3 rings (SSSR count). The average Bonchev–Trinajstić information content (AvgIpc) is 2.80. The summed E-state index contributed by atoms with van der Waals surface area (Å²) in [6, 6.07) is 10.0. The molecule has 0 aliphatic carbocycles. The van der Waals surface area contributed by atoms with E-state index in [2.05, 4.69) is 16.4 Å². The van der Waals surface area contributed by atoms with Gasteiger partial charge in [-0.15, -0.1) is 0 Å². The Balaban J connectivity index is 1.62. The maximum atomic E-state index is 6.03. The third-order valence-electron chi connectivity index (χ3n) is 3.01. The maximum Gasteiger partial charge on any atom is 0.123 e. The summed E-state index contributed by atoms with van der Waals surface area (Å²) < 4.78 is 5.85. The molecule has 1 atom stereocenters. The zero-order valence-corrected chi connectivity index (χ0v) is 10.5. The van der Waals surface area contributed by atoms with E-state index in [4.69, 9.17) is 16.3 Å². The van der Waals surface area contributed by atoms with Gasteiger partial charge in [0.05, 0.1) is 17.3 Å². The Bertz CT molecular complexity index is 534. The molecule has 0 spiro atoms. The highest BCUT2D eigenvalue weighted by Crippen LogP contribution is 2.28. The number of nitrogens with zero attached hydrogens (tertiary/aromatic N) is 1. The van der Waals surface area contributed by atoms with Crippen LogP contribution in [0.4, 0.5) is 5.69 Å². The normalized spacial score (nSPS) is 17.1. The lowest BCUT2D eigenvalue weighted by atomic mass is 10.1. The number of anilines is 1. The van der Waals surface area contributed by atoms with Gasteiger partial charge in [0.25, 0.3) is 0 Å². The number of hydrogen-bond acceptors (Lipinski definition) is 3. The number of aromatic nitrogens is 1. The molecule has 0 radical (unpaired) electrons. The highest BCUT2D eigenvalue weighted by molar-refractivity contribution is 6.33. The van der Waals surface area contributed by atoms with Crippen molar-refractivity contribution in [3.63, 3.8) is 0 Å². The van der Waals surface area contributed by atoms with Crippen molar-refractivity contribution in [3.8, 4) is 5.75 Å². The molecule has 0 fully saturated rings. The van der Waals surface area contributed by atoms with Gasteiger partial charge in [0.1, 0.15) is 11.9 Å². The predicted molar refractivity (Wildman–Crippen MR) is 72.3 cm³/mol. The summed E-state index contributed by atoms with van der Waals surface area (Å²) in [5.41, 5.74) is 2.16. The van der Waals surface area contributed by atoms with Crippen molar-refractivity contribution in [1.29, 1.82) is 0 Å². The van der Waals surface area contributed by atoms with E-state index in [0.717, 1.165) is 24.4 Å². The molecule has 3 nitrogen and oxygen atoms in total. The standard InChI is InChI=1S/C14H13ClN2O/c15-12-9-16-6-5-13(12)17-8-11-7-10-3-1-2-4-14(10)18-11/h1-6,9,11H,7-8H2,(H,16,17). The lowest BCUT2D eigenvalue weighted by Gasteiger charge is -2.13. The van der Waals surface area contributed by atoms with Gasteiger partial charge in [-0.3, -0.25) is 4.98 Å². The smallest absolute Gasteiger partial charge is 0.123 e. The molecule has 0 amide bonds. The summed E-state index contributed by atoms with van der Waals surface area (Å²) in [5, 5.41) is 3.93. The van der Waals surface area contributed by atoms with Gasteiger partial charge in [0, 0.05) is 18.8 Å². The van der Waals surface area contributed by atoms with Crippen molar-refractivity contribution in [3.05, 3.63) is 53.3 Å². The number of rotatable bonds is 3. The zero-order chi connectivity index (χ0) is 12.4. The number of fused-ring (bicyclic) bond motifs is 1. The maximum absolute atomic E-state index is 6.03. The Hall–Kier alpha value is -1.74. The van der Waals surface area contributed by atoms with Gasteiger partial charge in [-0.05, 0) is 17.7 Å². The molecule has 1 aliphatic rings. The van der Waals surface area contributed by atoms with Gasteiger partial charge < -0.3 is 10.1 Å². The van der Waals surface area contributed by atoms with Crippen molar-refractivity contribution in [2.45, 2.75) is 12.5 Å². The lowest BCUT2D eigenvalue weighted by Crippen LogP contribution is -2.24. The molecule has 2 aromatic rings. The average molecular weight is 261 g/mol. The summed E-state index contributed by atoms with van der Waals surface area (Å²) in [6.45, 7) is 0.735. The van der Waals surface area contributed by atoms with E-state index in [1.165, 1.54) is 5.56 Å². The lowest BCUT2D eigenvalue weighted by molar-refractivity contribution is 0.246. The number of nitrogens with one attached hydrogen (secondary N) is 1. The fourth-order valence-corrected chi connectivity index (χ4v) is 2.30. The second kappa shape index (κ2) is 4.86. The van der Waals surface area contributed by atoms with Crippen LogP contribution in [0.25, 0.3) is 0 Å². The Morgan fingerprint density at radius 2 is 2.22 bits per heavy atom. The number of pyridine rings is 1. The number of ether oxygens (including phenoxy) is 1. The second-order valence-electron chi connectivity index (χ2n) is 4.29. The highest BCUT2D eigenvalue weighted by Gasteiger charge is 2.21. The summed E-state index contributed by atoms with van der Waals surface area (Å²) >= 11 is 6.03. The first-order valence-corrected chi connectivity index (χ1v) is 6.28. The van der Waals surface area contributed by atoms with Gasteiger partial charge in [-0.1, -0.05) is 29.8 Å². The first kappa shape index (κ1) is 11.4. The van der Waals surface area contributed by atoms with Crippen LogP contribution in [-0.4, -0.2) is 17.6 Å². The molecule has 1 aliphatic heterocycles. The van der Waals surface area contributed by atoms with Crippen molar-refractivity contribution in [2.24, 2.45) is 0 Å². The van der Waals surface area contributed by atoms with Crippen LogP contribution in [0.5, 0.6) is 5.75 Å². The van der Waals surface area contributed by atoms with Crippen LogP contribution in [0.2, 0.25) is 5.02 Å². The Morgan fingerprint density at radius 1 is 1.33 bits per heavy atom. The first-order valence-electron chi connectivity index (χ1n) is 5.91. The molecule has 1 N–H and O–H groups in total. The van der Waals surface area contributed by atoms with Gasteiger partial charge in [0.15, 0.2) is 0 Å². The van der Waals surface area contributed by atoms with Crippen LogP contribution in [0.15, 0.2) is 42.7 Å². The van der Waals surface area contributed by atoms with E-state index < -0.39 is 0 Å². The largest absolute Gasteiger partial charge is 0.488 e. The molecule has 1 unspecified atom stereocenters. The number of benzene rings is 1. The van der Waals surface area contributed by atoms with Crippen molar-refractivity contribution >= 4 is 17.3 Å². The molecule has 1 aromatic carbocycles. The van der Waals surface area contributed by atoms with E-state index in [1.807, 2.05) is 24.3 Å². The Labute approximate surface area is 111 Å². The minimum atomic E-state index is 0.159. The minimum Gasteiger partial charge on any atom is -0.488 e. The van der Waals surface area contributed by atoms with Gasteiger partial charge in [-0.25, -0.2) is 0 Å². The zero-order valence-electron chi connectivity index (χ0n) is 9.77. The molecule has 0 saturated carbocycles. The molecule has 1 aromatic heterocycles. The van der Waals surface area contributed by atoms with Crippen LogP contribution in [0.1, 0.15) is 5.56 Å². The SMILES string of the molecule is Clc1cnccc1NCC1Cc2ccccc2O1. The molecule has 4 heteroatoms.